The number of aromatic nitrogens is 1. The van der Waals surface area contributed by atoms with E-state index in [0.717, 1.165) is 36.4 Å². The highest BCUT2D eigenvalue weighted by Gasteiger charge is 2.43. The third kappa shape index (κ3) is 5.56. The molecule has 2 aromatic heterocycles. The Balaban J connectivity index is 1.20. The molecule has 0 unspecified atom stereocenters. The van der Waals surface area contributed by atoms with Gasteiger partial charge in [-0.3, -0.25) is 0 Å². The lowest BCUT2D eigenvalue weighted by Crippen LogP contribution is -2.59. The zero-order valence-corrected chi connectivity index (χ0v) is 35.8. The Hall–Kier alpha value is -6.56. The van der Waals surface area contributed by atoms with E-state index in [0.29, 0.717) is 0 Å². The minimum atomic E-state index is -0.114. The van der Waals surface area contributed by atoms with Crippen LogP contribution in [0.15, 0.2) is 164 Å². The highest BCUT2D eigenvalue weighted by Crippen LogP contribution is 2.48. The lowest BCUT2D eigenvalue weighted by atomic mass is 9.34. The fraction of sp³-hybridized carbons (Fsp3) is 0.143. The fourth-order valence-corrected chi connectivity index (χ4v) is 11.4. The van der Waals surface area contributed by atoms with Gasteiger partial charge in [-0.2, -0.15) is 0 Å². The molecule has 5 heteroatoms. The van der Waals surface area contributed by atoms with Crippen LogP contribution >= 0.6 is 11.3 Å². The van der Waals surface area contributed by atoms with Gasteiger partial charge >= 0.3 is 0 Å². The third-order valence-electron chi connectivity index (χ3n) is 13.2. The molecule has 8 aromatic carbocycles. The first-order chi connectivity index (χ1) is 29.9. The van der Waals surface area contributed by atoms with Gasteiger partial charge in [-0.25, -0.2) is 0 Å². The van der Waals surface area contributed by atoms with Crippen LogP contribution in [0.3, 0.4) is 0 Å². The molecule has 0 fully saturated rings. The van der Waals surface area contributed by atoms with Gasteiger partial charge in [0.1, 0.15) is 11.5 Å². The first kappa shape index (κ1) is 36.3. The van der Waals surface area contributed by atoms with E-state index in [1.165, 1.54) is 97.7 Å². The van der Waals surface area contributed by atoms with Crippen molar-refractivity contribution < 1.29 is 4.74 Å². The molecule has 0 bridgehead atoms. The summed E-state index contributed by atoms with van der Waals surface area (Å²) in [7, 11) is 0. The van der Waals surface area contributed by atoms with Crippen molar-refractivity contribution in [2.75, 3.05) is 4.90 Å². The van der Waals surface area contributed by atoms with Gasteiger partial charge in [0.25, 0.3) is 6.71 Å². The number of hydrogen-bond donors (Lipinski definition) is 0. The quantitative estimate of drug-likeness (QED) is 0.156. The lowest BCUT2D eigenvalue weighted by Gasteiger charge is -2.42. The van der Waals surface area contributed by atoms with Crippen molar-refractivity contribution in [3.05, 3.63) is 175 Å². The number of benzene rings is 8. The number of nitrogens with zero attached hydrogens (tertiary/aromatic N) is 2. The molecule has 0 saturated carbocycles. The summed E-state index contributed by atoms with van der Waals surface area (Å²) in [6.07, 6.45) is 3.23. The topological polar surface area (TPSA) is 17.4 Å². The number of unbranched alkanes of at least 4 members (excludes halogenated alkanes) is 1. The molecule has 0 saturated heterocycles. The Kier molecular flexibility index (Phi) is 8.18. The van der Waals surface area contributed by atoms with Crippen LogP contribution in [-0.2, 0) is 11.8 Å². The molecule has 0 atom stereocenters. The summed E-state index contributed by atoms with van der Waals surface area (Å²) in [5, 5.41) is 5.27. The predicted molar refractivity (Wildman–Crippen MR) is 262 cm³/mol. The first-order valence-electron chi connectivity index (χ1n) is 21.8. The summed E-state index contributed by atoms with van der Waals surface area (Å²) in [6.45, 7) is 9.24. The van der Waals surface area contributed by atoms with Gasteiger partial charge in [0.05, 0.1) is 11.0 Å². The number of para-hydroxylation sites is 2. The van der Waals surface area contributed by atoms with Crippen molar-refractivity contribution in [2.45, 2.75) is 52.4 Å². The maximum absolute atomic E-state index is 7.11. The normalized spacial score (nSPS) is 13.2. The van der Waals surface area contributed by atoms with Crippen LogP contribution in [0.25, 0.3) is 58.8 Å². The first-order valence-corrected chi connectivity index (χ1v) is 22.6. The van der Waals surface area contributed by atoms with Crippen LogP contribution < -0.4 is 26.0 Å². The molecule has 12 rings (SSSR count). The van der Waals surface area contributed by atoms with Crippen LogP contribution in [0.2, 0.25) is 0 Å². The molecule has 294 valence electrons. The average Bonchev–Trinajstić information content (AvgIpc) is 3.84. The van der Waals surface area contributed by atoms with Crippen LogP contribution in [0.4, 0.5) is 17.1 Å². The Labute approximate surface area is 361 Å². The summed E-state index contributed by atoms with van der Waals surface area (Å²) in [4.78, 5) is 2.63. The SMILES string of the molecule is CCCCc1c(N2c3cc(-n4c5ccccc5c5ccccc54)ccc3B3c4cc(-c5ccccc5)ccc4Oc4cc(C(C)(C)C)cc2c43)ccc2sc3ccccc3c12. The number of thiophene rings is 1. The second-order valence-corrected chi connectivity index (χ2v) is 19.0. The van der Waals surface area contributed by atoms with Crippen molar-refractivity contribution in [3.8, 4) is 28.3 Å². The van der Waals surface area contributed by atoms with E-state index in [1.54, 1.807) is 0 Å². The molecule has 10 aromatic rings. The number of ether oxygens (including phenoxy) is 1. The van der Waals surface area contributed by atoms with Gasteiger partial charge in [-0.1, -0.05) is 137 Å². The molecule has 0 radical (unpaired) electrons. The second kappa shape index (κ2) is 13.7. The van der Waals surface area contributed by atoms with E-state index in [2.05, 4.69) is 201 Å². The Morgan fingerprint density at radius 1 is 0.574 bits per heavy atom. The molecule has 0 amide bonds. The summed E-state index contributed by atoms with van der Waals surface area (Å²) >= 11 is 1.91. The van der Waals surface area contributed by atoms with Crippen molar-refractivity contribution in [1.29, 1.82) is 0 Å². The van der Waals surface area contributed by atoms with Crippen LogP contribution in [0.5, 0.6) is 11.5 Å². The molecule has 0 N–H and O–H groups in total. The van der Waals surface area contributed by atoms with E-state index in [9.17, 15) is 0 Å². The molecule has 3 nitrogen and oxygen atoms in total. The number of rotatable bonds is 6. The van der Waals surface area contributed by atoms with Crippen LogP contribution in [0, 0.1) is 0 Å². The van der Waals surface area contributed by atoms with Gasteiger partial charge in [0.15, 0.2) is 0 Å². The molecule has 4 heterocycles. The molecule has 2 aliphatic heterocycles. The standard InChI is InChI=1S/C56H45BN2OS/c1-5-6-18-41-47(28-30-53-54(41)42-21-12-15-24-52(42)61-53)59-48-34-38(58-45-22-13-10-19-39(45)40-20-11-14-23-46(40)58)26-27-43(48)57-44-31-36(35-16-8-7-9-17-35)25-29-50(44)60-51-33-37(56(2,3)4)32-49(59)55(51)57/h7-17,19-34H,5-6,18H2,1-4H3. The minimum Gasteiger partial charge on any atom is -0.458 e. The molecular formula is C56H45BN2OS. The summed E-state index contributed by atoms with van der Waals surface area (Å²) in [6, 6.07) is 61.1. The zero-order chi connectivity index (χ0) is 41.0. The van der Waals surface area contributed by atoms with Crippen molar-refractivity contribution >= 4 is 93.5 Å². The van der Waals surface area contributed by atoms with E-state index < -0.39 is 0 Å². The van der Waals surface area contributed by atoms with Crippen molar-refractivity contribution in [1.82, 2.24) is 4.57 Å². The number of hydrogen-bond acceptors (Lipinski definition) is 3. The number of fused-ring (bicyclic) bond motifs is 10. The highest BCUT2D eigenvalue weighted by molar-refractivity contribution is 7.25. The van der Waals surface area contributed by atoms with Crippen molar-refractivity contribution in [3.63, 3.8) is 0 Å². The van der Waals surface area contributed by atoms with E-state index in [-0.39, 0.29) is 12.1 Å². The van der Waals surface area contributed by atoms with Crippen LogP contribution in [-0.4, -0.2) is 11.3 Å². The molecular weight excluding hydrogens is 760 g/mol. The predicted octanol–water partition coefficient (Wildman–Crippen LogP) is 13.9. The average molecular weight is 805 g/mol. The summed E-state index contributed by atoms with van der Waals surface area (Å²) in [5.41, 5.74) is 15.9. The molecule has 2 aliphatic rings. The maximum atomic E-state index is 7.11. The smallest absolute Gasteiger partial charge is 0.256 e. The Morgan fingerprint density at radius 3 is 2.05 bits per heavy atom. The van der Waals surface area contributed by atoms with Gasteiger partial charge < -0.3 is 14.2 Å². The Morgan fingerprint density at radius 2 is 1.30 bits per heavy atom. The molecule has 61 heavy (non-hydrogen) atoms. The zero-order valence-electron chi connectivity index (χ0n) is 35.0. The summed E-state index contributed by atoms with van der Waals surface area (Å²) in [5.74, 6) is 1.88. The Bertz CT molecular complexity index is 3340. The minimum absolute atomic E-state index is 0.0327. The summed E-state index contributed by atoms with van der Waals surface area (Å²) < 4.78 is 12.3. The van der Waals surface area contributed by atoms with Gasteiger partial charge in [-0.15, -0.1) is 11.3 Å². The largest absolute Gasteiger partial charge is 0.458 e. The van der Waals surface area contributed by atoms with Gasteiger partial charge in [0, 0.05) is 53.7 Å². The molecule has 0 aliphatic carbocycles. The lowest BCUT2D eigenvalue weighted by molar-refractivity contribution is 0.483. The highest BCUT2D eigenvalue weighted by atomic mass is 32.1. The molecule has 0 spiro atoms. The van der Waals surface area contributed by atoms with Crippen LogP contribution in [0.1, 0.15) is 51.7 Å². The monoisotopic (exact) mass is 804 g/mol. The fourth-order valence-electron chi connectivity index (χ4n) is 10.3. The van der Waals surface area contributed by atoms with E-state index in [4.69, 9.17) is 4.74 Å². The third-order valence-corrected chi connectivity index (χ3v) is 14.4. The number of aryl methyl sites for hydroxylation is 1. The van der Waals surface area contributed by atoms with E-state index in [1.807, 2.05) is 11.3 Å². The maximum Gasteiger partial charge on any atom is 0.256 e. The second-order valence-electron chi connectivity index (χ2n) is 17.9. The van der Waals surface area contributed by atoms with E-state index >= 15 is 0 Å². The van der Waals surface area contributed by atoms with Gasteiger partial charge in [0.2, 0.25) is 0 Å². The van der Waals surface area contributed by atoms with Crippen molar-refractivity contribution in [2.24, 2.45) is 0 Å². The van der Waals surface area contributed by atoms with Gasteiger partial charge in [-0.05, 0) is 118 Å². The number of anilines is 3.